The maximum atomic E-state index is 13.1. The number of hydrogen-bond acceptors (Lipinski definition) is 11. The summed E-state index contributed by atoms with van der Waals surface area (Å²) in [6.07, 6.45) is -4.35. The Hall–Kier alpha value is -1.49. The van der Waals surface area contributed by atoms with Crippen LogP contribution in [0.15, 0.2) is 11.6 Å². The molecule has 6 N–H and O–H groups in total. The highest BCUT2D eigenvalue weighted by Crippen LogP contribution is 2.67. The minimum atomic E-state index is -4.85. The van der Waals surface area contributed by atoms with E-state index in [0.29, 0.717) is 25.7 Å². The Morgan fingerprint density at radius 2 is 1.71 bits per heavy atom. The number of allylic oxidation sites excluding steroid dienone is 2. The summed E-state index contributed by atoms with van der Waals surface area (Å²) in [7, 11) is -4.85. The van der Waals surface area contributed by atoms with Gasteiger partial charge in [-0.15, -0.1) is 0 Å². The summed E-state index contributed by atoms with van der Waals surface area (Å²) in [5, 5.41) is 52.1. The van der Waals surface area contributed by atoms with Gasteiger partial charge in [-0.1, -0.05) is 46.3 Å². The number of carboxylic acid groups (broad SMARTS) is 1. The summed E-state index contributed by atoms with van der Waals surface area (Å²) in [6.45, 7) is 11.9. The van der Waals surface area contributed by atoms with Gasteiger partial charge in [0.15, 0.2) is 12.4 Å². The highest BCUT2D eigenvalue weighted by Gasteiger charge is 2.63. The number of aliphatic carboxylic acids is 1. The minimum absolute atomic E-state index is 0.0398. The molecule has 1 aliphatic heterocycles. The van der Waals surface area contributed by atoms with E-state index in [2.05, 4.69) is 19.9 Å². The number of carboxylic acids is 1. The maximum Gasteiger partial charge on any atom is 0.397 e. The quantitative estimate of drug-likeness (QED) is 0.110. The van der Waals surface area contributed by atoms with Gasteiger partial charge in [0.2, 0.25) is 0 Å². The van der Waals surface area contributed by atoms with Crippen molar-refractivity contribution in [2.24, 2.45) is 46.3 Å². The van der Waals surface area contributed by atoms with Crippen LogP contribution < -0.4 is 0 Å². The Morgan fingerprint density at radius 1 is 1.04 bits per heavy atom. The Kier molecular flexibility index (Phi) is 10.4. The average molecular weight is 703 g/mol. The van der Waals surface area contributed by atoms with Crippen molar-refractivity contribution in [3.63, 3.8) is 0 Å². The van der Waals surface area contributed by atoms with Crippen LogP contribution in [-0.2, 0) is 33.6 Å². The molecule has 0 amide bonds. The third-order valence-electron chi connectivity index (χ3n) is 13.1. The highest BCUT2D eigenvalue weighted by molar-refractivity contribution is 7.80. The van der Waals surface area contributed by atoms with Gasteiger partial charge in [0.1, 0.15) is 24.1 Å². The van der Waals surface area contributed by atoms with E-state index in [1.165, 1.54) is 5.57 Å². The summed E-state index contributed by atoms with van der Waals surface area (Å²) in [6, 6.07) is 0. The molecule has 14 heteroatoms. The van der Waals surface area contributed by atoms with E-state index in [4.69, 9.17) is 13.7 Å². The predicted molar refractivity (Wildman–Crippen MR) is 170 cm³/mol. The van der Waals surface area contributed by atoms with Crippen LogP contribution >= 0.6 is 0 Å². The fraction of sp³-hybridized carbons (Fsp3) is 0.882. The van der Waals surface area contributed by atoms with Crippen LogP contribution in [0.5, 0.6) is 0 Å². The van der Waals surface area contributed by atoms with Gasteiger partial charge in [-0.25, -0.2) is 8.98 Å². The van der Waals surface area contributed by atoms with Crippen LogP contribution in [0.1, 0.15) is 92.9 Å². The van der Waals surface area contributed by atoms with Crippen molar-refractivity contribution in [3.05, 3.63) is 11.6 Å². The molecule has 0 aromatic heterocycles. The first-order chi connectivity index (χ1) is 22.1. The number of fused-ring (bicyclic) bond motifs is 5. The fourth-order valence-electron chi connectivity index (χ4n) is 10.3. The lowest BCUT2D eigenvalue weighted by Crippen LogP contribution is -2.61. The van der Waals surface area contributed by atoms with Crippen molar-refractivity contribution < 1.29 is 61.7 Å². The molecule has 5 rings (SSSR count). The van der Waals surface area contributed by atoms with Gasteiger partial charge in [-0.3, -0.25) is 9.35 Å². The van der Waals surface area contributed by atoms with Crippen LogP contribution in [0, 0.1) is 46.3 Å². The molecule has 48 heavy (non-hydrogen) atoms. The third-order valence-corrected chi connectivity index (χ3v) is 13.6. The Labute approximate surface area is 283 Å². The van der Waals surface area contributed by atoms with Crippen molar-refractivity contribution in [3.8, 4) is 0 Å². The molecule has 1 heterocycles. The Bertz CT molecular complexity index is 1380. The van der Waals surface area contributed by atoms with Gasteiger partial charge < -0.3 is 35.0 Å². The second-order valence-corrected chi connectivity index (χ2v) is 17.4. The number of hydrogen-bond donors (Lipinski definition) is 6. The normalized spacial score (nSPS) is 44.9. The molecular formula is C34H54O13S. The first-order valence-corrected chi connectivity index (χ1v) is 18.7. The molecule has 0 aromatic rings. The molecule has 5 aliphatic rings. The monoisotopic (exact) mass is 702 g/mol. The first-order valence-electron chi connectivity index (χ1n) is 17.3. The van der Waals surface area contributed by atoms with Crippen molar-refractivity contribution in [2.45, 2.75) is 141 Å². The third kappa shape index (κ3) is 6.78. The zero-order valence-corrected chi connectivity index (χ0v) is 29.5. The minimum Gasteiger partial charge on any atom is -0.479 e. The van der Waals surface area contributed by atoms with E-state index in [1.54, 1.807) is 6.92 Å². The summed E-state index contributed by atoms with van der Waals surface area (Å²) >= 11 is 0. The van der Waals surface area contributed by atoms with Gasteiger partial charge in [0.25, 0.3) is 0 Å². The van der Waals surface area contributed by atoms with Gasteiger partial charge in [0.05, 0.1) is 17.8 Å². The van der Waals surface area contributed by atoms with E-state index in [1.807, 2.05) is 20.8 Å². The number of Topliss-reactive ketones (excluding diaryl/α,β-unsaturated/α-hetero) is 1. The zero-order valence-electron chi connectivity index (χ0n) is 28.7. The second kappa shape index (κ2) is 13.2. The van der Waals surface area contributed by atoms with Crippen LogP contribution in [-0.4, -0.2) is 98.8 Å². The van der Waals surface area contributed by atoms with Crippen molar-refractivity contribution in [2.75, 3.05) is 0 Å². The molecule has 0 bridgehead atoms. The lowest BCUT2D eigenvalue weighted by atomic mass is 9.47. The van der Waals surface area contributed by atoms with Gasteiger partial charge >= 0.3 is 16.4 Å². The highest BCUT2D eigenvalue weighted by atomic mass is 32.3. The molecule has 4 aliphatic carbocycles. The van der Waals surface area contributed by atoms with Gasteiger partial charge in [0, 0.05) is 12.3 Å². The molecule has 1 saturated heterocycles. The lowest BCUT2D eigenvalue weighted by Gasteiger charge is -2.59. The van der Waals surface area contributed by atoms with E-state index < -0.39 is 76.2 Å². The summed E-state index contributed by atoms with van der Waals surface area (Å²) in [4.78, 5) is 24.7. The Balaban J connectivity index is 1.40. The average Bonchev–Trinajstić information content (AvgIpc) is 3.34. The molecule has 0 aromatic carbocycles. The topological polar surface area (TPSA) is 217 Å². The largest absolute Gasteiger partial charge is 0.479 e. The molecule has 0 spiro atoms. The zero-order chi connectivity index (χ0) is 35.7. The van der Waals surface area contributed by atoms with Crippen molar-refractivity contribution in [1.29, 1.82) is 0 Å². The van der Waals surface area contributed by atoms with Gasteiger partial charge in [-0.05, 0) is 92.3 Å². The number of aliphatic hydroxyl groups excluding tert-OH is 3. The van der Waals surface area contributed by atoms with Crippen LogP contribution in [0.3, 0.4) is 0 Å². The second-order valence-electron chi connectivity index (χ2n) is 16.3. The number of ether oxygens (including phenoxy) is 2. The molecule has 274 valence electrons. The van der Waals surface area contributed by atoms with Gasteiger partial charge in [-0.2, -0.15) is 8.42 Å². The molecule has 0 radical (unpaired) electrons. The maximum absolute atomic E-state index is 13.1. The number of carbonyl (C=O) groups is 2. The predicted octanol–water partition coefficient (Wildman–Crippen LogP) is 2.64. The smallest absolute Gasteiger partial charge is 0.397 e. The van der Waals surface area contributed by atoms with E-state index in [0.717, 1.165) is 12.8 Å². The molecular weight excluding hydrogens is 648 g/mol. The number of aliphatic hydroxyl groups is 4. The molecule has 4 fully saturated rings. The molecule has 0 unspecified atom stereocenters. The van der Waals surface area contributed by atoms with Crippen LogP contribution in [0.25, 0.3) is 0 Å². The number of rotatable bonds is 10. The molecule has 13 nitrogen and oxygen atoms in total. The lowest BCUT2D eigenvalue weighted by molar-refractivity contribution is -0.309. The van der Waals surface area contributed by atoms with E-state index in [-0.39, 0.29) is 53.6 Å². The summed E-state index contributed by atoms with van der Waals surface area (Å²) in [5.41, 5.74) is -0.933. The van der Waals surface area contributed by atoms with Crippen molar-refractivity contribution in [1.82, 2.24) is 0 Å². The summed E-state index contributed by atoms with van der Waals surface area (Å²) < 4.78 is 51.0. The van der Waals surface area contributed by atoms with Crippen LogP contribution in [0.2, 0.25) is 0 Å². The molecule has 3 saturated carbocycles. The molecule has 15 atom stereocenters. The SMILES string of the molecule is CC(C)[C@@H](C)C(=O)C[C@](C)(O)[C@H]1CC[C@H]2[C@@H]3C[C@H](OS(=O)(=O)O)[C@H]4C[C@@H](O[C@@H]5O[C@H](C(=O)O)[C@@H](O)[C@H](O)[C@H]5O)CC[C@]4(C)C3=CC[C@@]21C. The standard InChI is InChI=1S/C34H54O13S/c1-16(2)17(3)23(35)15-34(6,41)25-8-7-20-19-14-24(47-48(42,43)44)22-13-18(9-11-32(22,4)21(19)10-12-33(20,25)5)45-31-28(38)26(36)27(37)29(46-31)30(39)40/h10,16-20,22,24-29,31,36-38,41H,7-9,11-15H2,1-6H3,(H,39,40)(H,42,43,44)/t17-,18+,19+,20+,22-,24+,25+,26+,27+,28-,29+,31-,32-,33+,34+/m1/s1. The summed E-state index contributed by atoms with van der Waals surface area (Å²) in [5.74, 6) is -2.11. The fourth-order valence-corrected chi connectivity index (χ4v) is 10.8. The van der Waals surface area contributed by atoms with E-state index >= 15 is 0 Å². The van der Waals surface area contributed by atoms with Crippen LogP contribution in [0.4, 0.5) is 0 Å². The Morgan fingerprint density at radius 3 is 2.31 bits per heavy atom. The number of carbonyl (C=O) groups excluding carboxylic acids is 1. The van der Waals surface area contributed by atoms with E-state index in [9.17, 15) is 48.1 Å². The number of ketones is 1. The first kappa shape index (κ1) is 37.8. The van der Waals surface area contributed by atoms with Crippen molar-refractivity contribution >= 4 is 22.2 Å².